The number of nitrogens with one attached hydrogen (secondary N) is 1. The maximum atomic E-state index is 6.29. The summed E-state index contributed by atoms with van der Waals surface area (Å²) in [5, 5.41) is 3.60. The molecule has 2 rings (SSSR count). The first-order valence-electron chi connectivity index (χ1n) is 8.06. The van der Waals surface area contributed by atoms with Crippen molar-refractivity contribution in [2.45, 2.75) is 59.1 Å². The van der Waals surface area contributed by atoms with Crippen molar-refractivity contribution in [3.05, 3.63) is 29.8 Å². The van der Waals surface area contributed by atoms with E-state index in [1.54, 1.807) is 0 Å². The highest BCUT2D eigenvalue weighted by Gasteiger charge is 2.32. The Hall–Kier alpha value is -1.02. The lowest BCUT2D eigenvalue weighted by molar-refractivity contribution is 0.0725. The summed E-state index contributed by atoms with van der Waals surface area (Å²) in [6.45, 7) is 9.98. The minimum Gasteiger partial charge on any atom is -0.489 e. The number of aryl methyl sites for hydroxylation is 1. The molecule has 20 heavy (non-hydrogen) atoms. The van der Waals surface area contributed by atoms with Crippen LogP contribution in [0.25, 0.3) is 0 Å². The maximum Gasteiger partial charge on any atom is 0.119 e. The van der Waals surface area contributed by atoms with E-state index in [1.165, 1.54) is 24.8 Å². The van der Waals surface area contributed by atoms with Crippen molar-refractivity contribution in [3.63, 3.8) is 0 Å². The molecular weight excluding hydrogens is 246 g/mol. The number of benzene rings is 1. The number of likely N-dealkylation sites (N-methyl/N-ethyl adjacent to an activating group) is 1. The Labute approximate surface area is 123 Å². The highest BCUT2D eigenvalue weighted by atomic mass is 16.5. The summed E-state index contributed by atoms with van der Waals surface area (Å²) < 4.78 is 6.29. The second kappa shape index (κ2) is 7.12. The van der Waals surface area contributed by atoms with Gasteiger partial charge in [0.15, 0.2) is 0 Å². The van der Waals surface area contributed by atoms with Gasteiger partial charge in [-0.15, -0.1) is 0 Å². The summed E-state index contributed by atoms with van der Waals surface area (Å²) in [7, 11) is 0. The molecule has 1 saturated carbocycles. The summed E-state index contributed by atoms with van der Waals surface area (Å²) >= 11 is 0. The van der Waals surface area contributed by atoms with Crippen LogP contribution >= 0.6 is 0 Å². The van der Waals surface area contributed by atoms with E-state index in [9.17, 15) is 0 Å². The second-order valence-corrected chi connectivity index (χ2v) is 6.45. The van der Waals surface area contributed by atoms with Crippen molar-refractivity contribution in [2.24, 2.45) is 11.8 Å². The van der Waals surface area contributed by atoms with Crippen molar-refractivity contribution in [2.75, 3.05) is 6.54 Å². The van der Waals surface area contributed by atoms with Crippen LogP contribution in [0.3, 0.4) is 0 Å². The topological polar surface area (TPSA) is 21.3 Å². The van der Waals surface area contributed by atoms with Crippen LogP contribution in [-0.4, -0.2) is 18.7 Å². The number of rotatable bonds is 5. The van der Waals surface area contributed by atoms with Crippen molar-refractivity contribution >= 4 is 0 Å². The normalized spacial score (nSPS) is 26.8. The zero-order valence-corrected chi connectivity index (χ0v) is 13.4. The molecule has 0 saturated heterocycles. The van der Waals surface area contributed by atoms with E-state index in [2.05, 4.69) is 57.3 Å². The molecule has 112 valence electrons. The standard InChI is InChI=1S/C18H29NO/c1-5-19-17-11-8-15(13(2)3)12-18(17)20-16-9-6-14(4)7-10-16/h6-7,9-10,13,15,17-19H,5,8,11-12H2,1-4H3. The Kier molecular flexibility index (Phi) is 5.47. The molecule has 1 aromatic rings. The lowest BCUT2D eigenvalue weighted by Crippen LogP contribution is -2.47. The molecule has 2 nitrogen and oxygen atoms in total. The van der Waals surface area contributed by atoms with Crippen molar-refractivity contribution < 1.29 is 4.74 Å². The summed E-state index contributed by atoms with van der Waals surface area (Å²) in [5.74, 6) is 2.55. The van der Waals surface area contributed by atoms with Crippen LogP contribution < -0.4 is 10.1 Å². The summed E-state index contributed by atoms with van der Waals surface area (Å²) in [6, 6.07) is 8.94. The van der Waals surface area contributed by atoms with Gasteiger partial charge in [0, 0.05) is 6.04 Å². The molecule has 0 spiro atoms. The van der Waals surface area contributed by atoms with Gasteiger partial charge in [-0.2, -0.15) is 0 Å². The van der Waals surface area contributed by atoms with E-state index >= 15 is 0 Å². The molecule has 0 bridgehead atoms. The van der Waals surface area contributed by atoms with Gasteiger partial charge in [0.05, 0.1) is 0 Å². The van der Waals surface area contributed by atoms with E-state index < -0.39 is 0 Å². The number of hydrogen-bond acceptors (Lipinski definition) is 2. The lowest BCUT2D eigenvalue weighted by atomic mass is 9.78. The van der Waals surface area contributed by atoms with Gasteiger partial charge in [0.1, 0.15) is 11.9 Å². The second-order valence-electron chi connectivity index (χ2n) is 6.45. The van der Waals surface area contributed by atoms with Gasteiger partial charge in [0.2, 0.25) is 0 Å². The molecule has 1 aliphatic carbocycles. The zero-order valence-electron chi connectivity index (χ0n) is 13.4. The summed E-state index contributed by atoms with van der Waals surface area (Å²) in [6.07, 6.45) is 4.03. The molecular formula is C18H29NO. The molecule has 0 aromatic heterocycles. The first-order chi connectivity index (χ1) is 9.60. The fourth-order valence-electron chi connectivity index (χ4n) is 3.18. The Morgan fingerprint density at radius 1 is 1.20 bits per heavy atom. The molecule has 0 aliphatic heterocycles. The first-order valence-corrected chi connectivity index (χ1v) is 8.06. The van der Waals surface area contributed by atoms with Gasteiger partial charge in [-0.3, -0.25) is 0 Å². The van der Waals surface area contributed by atoms with Crippen molar-refractivity contribution in [1.82, 2.24) is 5.32 Å². The highest BCUT2D eigenvalue weighted by molar-refractivity contribution is 5.26. The lowest BCUT2D eigenvalue weighted by Gasteiger charge is -2.38. The van der Waals surface area contributed by atoms with E-state index in [4.69, 9.17) is 4.74 Å². The number of ether oxygens (including phenoxy) is 1. The fourth-order valence-corrected chi connectivity index (χ4v) is 3.18. The average Bonchev–Trinajstić information content (AvgIpc) is 2.43. The minimum atomic E-state index is 0.304. The third-order valence-corrected chi connectivity index (χ3v) is 4.55. The van der Waals surface area contributed by atoms with Gasteiger partial charge in [-0.25, -0.2) is 0 Å². The molecule has 0 amide bonds. The van der Waals surface area contributed by atoms with Crippen LogP contribution in [0, 0.1) is 18.8 Å². The minimum absolute atomic E-state index is 0.304. The highest BCUT2D eigenvalue weighted by Crippen LogP contribution is 2.32. The molecule has 1 fully saturated rings. The SMILES string of the molecule is CCNC1CCC(C(C)C)CC1Oc1ccc(C)cc1. The summed E-state index contributed by atoms with van der Waals surface area (Å²) in [5.41, 5.74) is 1.28. The van der Waals surface area contributed by atoms with Crippen LogP contribution in [0.4, 0.5) is 0 Å². The monoisotopic (exact) mass is 275 g/mol. The average molecular weight is 275 g/mol. The van der Waals surface area contributed by atoms with Crippen LogP contribution in [0.1, 0.15) is 45.6 Å². The van der Waals surface area contributed by atoms with E-state index in [1.807, 2.05) is 0 Å². The molecule has 2 heteroatoms. The fraction of sp³-hybridized carbons (Fsp3) is 0.667. The summed E-state index contributed by atoms with van der Waals surface area (Å²) in [4.78, 5) is 0. The van der Waals surface area contributed by atoms with E-state index in [0.717, 1.165) is 24.1 Å². The quantitative estimate of drug-likeness (QED) is 0.870. The third kappa shape index (κ3) is 3.99. The predicted octanol–water partition coefficient (Wildman–Crippen LogP) is 4.18. The molecule has 0 radical (unpaired) electrons. The largest absolute Gasteiger partial charge is 0.489 e. The zero-order chi connectivity index (χ0) is 14.5. The van der Waals surface area contributed by atoms with Crippen LogP contribution in [0.5, 0.6) is 5.75 Å². The van der Waals surface area contributed by atoms with Gasteiger partial charge >= 0.3 is 0 Å². The van der Waals surface area contributed by atoms with E-state index in [-0.39, 0.29) is 0 Å². The Morgan fingerprint density at radius 3 is 2.50 bits per heavy atom. The van der Waals surface area contributed by atoms with Gasteiger partial charge in [-0.1, -0.05) is 38.5 Å². The molecule has 1 aliphatic rings. The van der Waals surface area contributed by atoms with Gasteiger partial charge in [0.25, 0.3) is 0 Å². The smallest absolute Gasteiger partial charge is 0.119 e. The Balaban J connectivity index is 2.04. The molecule has 3 atom stereocenters. The van der Waals surface area contributed by atoms with Gasteiger partial charge < -0.3 is 10.1 Å². The van der Waals surface area contributed by atoms with Gasteiger partial charge in [-0.05, 0) is 56.7 Å². The van der Waals surface area contributed by atoms with Crippen LogP contribution in [-0.2, 0) is 0 Å². The molecule has 1 aromatic carbocycles. The van der Waals surface area contributed by atoms with Crippen molar-refractivity contribution in [1.29, 1.82) is 0 Å². The van der Waals surface area contributed by atoms with Crippen LogP contribution in [0.2, 0.25) is 0 Å². The molecule has 1 N–H and O–H groups in total. The molecule has 3 unspecified atom stereocenters. The van der Waals surface area contributed by atoms with Crippen LogP contribution in [0.15, 0.2) is 24.3 Å². The van der Waals surface area contributed by atoms with E-state index in [0.29, 0.717) is 12.1 Å². The number of hydrogen-bond donors (Lipinski definition) is 1. The third-order valence-electron chi connectivity index (χ3n) is 4.55. The predicted molar refractivity (Wildman–Crippen MR) is 85.2 cm³/mol. The maximum absolute atomic E-state index is 6.29. The first kappa shape index (κ1) is 15.4. The Morgan fingerprint density at radius 2 is 1.90 bits per heavy atom. The van der Waals surface area contributed by atoms with Crippen molar-refractivity contribution in [3.8, 4) is 5.75 Å². The Bertz CT molecular complexity index is 398. The molecule has 0 heterocycles.